The van der Waals surface area contributed by atoms with Crippen molar-refractivity contribution in [2.45, 2.75) is 12.6 Å². The molecule has 0 saturated carbocycles. The van der Waals surface area contributed by atoms with E-state index in [1.807, 2.05) is 0 Å². The summed E-state index contributed by atoms with van der Waals surface area (Å²) in [6.07, 6.45) is 4.76. The molecule has 1 amide bonds. The molecule has 0 spiro atoms. The fourth-order valence-corrected chi connectivity index (χ4v) is 3.77. The number of amides is 1. The van der Waals surface area contributed by atoms with Crippen LogP contribution in [-0.2, 0) is 16.1 Å². The van der Waals surface area contributed by atoms with Crippen LogP contribution >= 0.6 is 0 Å². The number of hydrogen-bond acceptors (Lipinski definition) is 5. The molecule has 1 N–H and O–H groups in total. The second-order valence-electron chi connectivity index (χ2n) is 7.43. The van der Waals surface area contributed by atoms with Crippen molar-refractivity contribution in [3.63, 3.8) is 0 Å². The van der Waals surface area contributed by atoms with Gasteiger partial charge in [-0.25, -0.2) is 4.39 Å². The summed E-state index contributed by atoms with van der Waals surface area (Å²) in [5.74, 6) is -2.12. The highest BCUT2D eigenvalue weighted by molar-refractivity contribution is 6.46. The normalized spacial score (nSPS) is 17.2. The van der Waals surface area contributed by atoms with E-state index in [9.17, 15) is 19.1 Å². The van der Waals surface area contributed by atoms with Crippen molar-refractivity contribution >= 4 is 17.4 Å². The lowest BCUT2D eigenvalue weighted by Crippen LogP contribution is -2.29. The van der Waals surface area contributed by atoms with E-state index < -0.39 is 23.5 Å². The van der Waals surface area contributed by atoms with Crippen molar-refractivity contribution in [3.8, 4) is 5.75 Å². The average molecular weight is 444 g/mol. The summed E-state index contributed by atoms with van der Waals surface area (Å²) < 4.78 is 20.3. The van der Waals surface area contributed by atoms with E-state index in [2.05, 4.69) is 11.6 Å². The Morgan fingerprint density at radius 2 is 1.88 bits per heavy atom. The SMILES string of the molecule is C=CCOc1ccc(C(O)=C2C(=O)C(=O)N(Cc3cccnc3)[C@@H]2c2ccccc2F)cc1. The monoisotopic (exact) mass is 444 g/mol. The number of Topliss-reactive ketones (excluding diaryl/α,β-unsaturated/α-hetero) is 1. The minimum atomic E-state index is -1.09. The van der Waals surface area contributed by atoms with E-state index in [1.165, 1.54) is 23.1 Å². The van der Waals surface area contributed by atoms with Crippen LogP contribution < -0.4 is 4.74 Å². The molecule has 0 aliphatic carbocycles. The molecule has 2 aromatic carbocycles. The molecule has 33 heavy (non-hydrogen) atoms. The Morgan fingerprint density at radius 1 is 1.12 bits per heavy atom. The van der Waals surface area contributed by atoms with Crippen LogP contribution in [0.4, 0.5) is 4.39 Å². The van der Waals surface area contributed by atoms with Crippen molar-refractivity contribution < 1.29 is 23.8 Å². The number of ether oxygens (including phenoxy) is 1. The Labute approximate surface area is 190 Å². The first-order valence-electron chi connectivity index (χ1n) is 10.3. The Kier molecular flexibility index (Phi) is 6.31. The van der Waals surface area contributed by atoms with Gasteiger partial charge in [0.2, 0.25) is 0 Å². The number of rotatable bonds is 7. The molecule has 0 unspecified atom stereocenters. The molecule has 166 valence electrons. The van der Waals surface area contributed by atoms with Crippen LogP contribution in [0.2, 0.25) is 0 Å². The third kappa shape index (κ3) is 4.39. The zero-order valence-corrected chi connectivity index (χ0v) is 17.6. The first-order valence-corrected chi connectivity index (χ1v) is 10.3. The van der Waals surface area contributed by atoms with Gasteiger partial charge in [-0.15, -0.1) is 0 Å². The van der Waals surface area contributed by atoms with Crippen molar-refractivity contribution in [2.75, 3.05) is 6.61 Å². The van der Waals surface area contributed by atoms with E-state index in [0.29, 0.717) is 23.5 Å². The number of nitrogens with zero attached hydrogens (tertiary/aromatic N) is 2. The van der Waals surface area contributed by atoms with Crippen LogP contribution in [0.1, 0.15) is 22.7 Å². The molecule has 1 fully saturated rings. The Balaban J connectivity index is 1.81. The first-order chi connectivity index (χ1) is 16.0. The van der Waals surface area contributed by atoms with Crippen LogP contribution in [0, 0.1) is 5.82 Å². The predicted octanol–water partition coefficient (Wildman–Crippen LogP) is 4.41. The smallest absolute Gasteiger partial charge is 0.295 e. The Morgan fingerprint density at radius 3 is 2.55 bits per heavy atom. The molecular formula is C26H21FN2O4. The highest BCUT2D eigenvalue weighted by Crippen LogP contribution is 2.41. The van der Waals surface area contributed by atoms with E-state index >= 15 is 0 Å². The maximum Gasteiger partial charge on any atom is 0.295 e. The number of ketones is 1. The second-order valence-corrected chi connectivity index (χ2v) is 7.43. The largest absolute Gasteiger partial charge is 0.507 e. The number of aliphatic hydroxyl groups is 1. The number of halogens is 1. The summed E-state index contributed by atoms with van der Waals surface area (Å²) in [5.41, 5.74) is 0.924. The molecular weight excluding hydrogens is 423 g/mol. The number of pyridine rings is 1. The quantitative estimate of drug-likeness (QED) is 0.253. The number of aliphatic hydroxyl groups excluding tert-OH is 1. The number of carbonyl (C=O) groups excluding carboxylic acids is 2. The molecule has 3 aromatic rings. The fraction of sp³-hybridized carbons (Fsp3) is 0.115. The predicted molar refractivity (Wildman–Crippen MR) is 121 cm³/mol. The molecule has 1 aromatic heterocycles. The molecule has 7 heteroatoms. The van der Waals surface area contributed by atoms with Gasteiger partial charge in [-0.1, -0.05) is 36.9 Å². The van der Waals surface area contributed by atoms with Crippen LogP contribution in [0.3, 0.4) is 0 Å². The maximum absolute atomic E-state index is 14.8. The van der Waals surface area contributed by atoms with Gasteiger partial charge in [0, 0.05) is 30.1 Å². The maximum atomic E-state index is 14.8. The topological polar surface area (TPSA) is 79.7 Å². The van der Waals surface area contributed by atoms with Crippen molar-refractivity contribution in [1.29, 1.82) is 0 Å². The highest BCUT2D eigenvalue weighted by Gasteiger charge is 2.46. The van der Waals surface area contributed by atoms with Gasteiger partial charge < -0.3 is 14.7 Å². The summed E-state index contributed by atoms with van der Waals surface area (Å²) in [5, 5.41) is 11.1. The molecule has 1 atom stereocenters. The summed E-state index contributed by atoms with van der Waals surface area (Å²) in [6.45, 7) is 3.94. The number of hydrogen-bond donors (Lipinski definition) is 1. The van der Waals surface area contributed by atoms with E-state index in [1.54, 1.807) is 60.9 Å². The van der Waals surface area contributed by atoms with Crippen molar-refractivity contribution in [1.82, 2.24) is 9.88 Å². The van der Waals surface area contributed by atoms with Crippen molar-refractivity contribution in [3.05, 3.63) is 114 Å². The summed E-state index contributed by atoms with van der Waals surface area (Å²) in [7, 11) is 0. The fourth-order valence-electron chi connectivity index (χ4n) is 3.77. The van der Waals surface area contributed by atoms with Crippen LogP contribution in [0.15, 0.2) is 91.3 Å². The van der Waals surface area contributed by atoms with Gasteiger partial charge in [-0.2, -0.15) is 0 Å². The minimum absolute atomic E-state index is 0.0303. The minimum Gasteiger partial charge on any atom is -0.507 e. The van der Waals surface area contributed by atoms with Crippen LogP contribution in [0.25, 0.3) is 5.76 Å². The standard InChI is InChI=1S/C26H21FN2O4/c1-2-14-33-19-11-9-18(10-12-19)24(30)22-23(20-7-3-4-8-21(20)27)29(26(32)25(22)31)16-17-6-5-13-28-15-17/h2-13,15,23,30H,1,14,16H2/t23-/m1/s1. The van der Waals surface area contributed by atoms with Crippen molar-refractivity contribution in [2.24, 2.45) is 0 Å². The molecule has 6 nitrogen and oxygen atoms in total. The van der Waals surface area contributed by atoms with E-state index in [-0.39, 0.29) is 23.4 Å². The first kappa shape index (κ1) is 22.0. The van der Waals surface area contributed by atoms with Gasteiger partial charge in [0.25, 0.3) is 11.7 Å². The molecule has 4 rings (SSSR count). The molecule has 1 saturated heterocycles. The number of aromatic nitrogens is 1. The summed E-state index contributed by atoms with van der Waals surface area (Å²) in [6, 6.07) is 14.7. The summed E-state index contributed by atoms with van der Waals surface area (Å²) >= 11 is 0. The van der Waals surface area contributed by atoms with E-state index in [0.717, 1.165) is 0 Å². The molecule has 2 heterocycles. The lowest BCUT2D eigenvalue weighted by molar-refractivity contribution is -0.140. The molecule has 0 radical (unpaired) electrons. The Bertz CT molecular complexity index is 1220. The molecule has 1 aliphatic heterocycles. The number of likely N-dealkylation sites (tertiary alicyclic amines) is 1. The van der Waals surface area contributed by atoms with Gasteiger partial charge >= 0.3 is 0 Å². The zero-order chi connectivity index (χ0) is 23.4. The average Bonchev–Trinajstić information content (AvgIpc) is 3.08. The van der Waals surface area contributed by atoms with Gasteiger partial charge in [0.1, 0.15) is 23.9 Å². The van der Waals surface area contributed by atoms with Gasteiger partial charge in [-0.3, -0.25) is 14.6 Å². The molecule has 1 aliphatic rings. The number of benzene rings is 2. The zero-order valence-electron chi connectivity index (χ0n) is 17.6. The van der Waals surface area contributed by atoms with Crippen LogP contribution in [0.5, 0.6) is 5.75 Å². The lowest BCUT2D eigenvalue weighted by Gasteiger charge is -2.25. The highest BCUT2D eigenvalue weighted by atomic mass is 19.1. The Hall–Kier alpha value is -4.26. The summed E-state index contributed by atoms with van der Waals surface area (Å²) in [4.78, 5) is 31.3. The van der Waals surface area contributed by atoms with E-state index in [4.69, 9.17) is 4.74 Å². The third-order valence-electron chi connectivity index (χ3n) is 5.31. The van der Waals surface area contributed by atoms with Gasteiger partial charge in [0.05, 0.1) is 11.6 Å². The number of carbonyl (C=O) groups is 2. The van der Waals surface area contributed by atoms with Gasteiger partial charge in [-0.05, 0) is 42.0 Å². The molecule has 0 bridgehead atoms. The third-order valence-corrected chi connectivity index (χ3v) is 5.31. The lowest BCUT2D eigenvalue weighted by atomic mass is 9.94. The van der Waals surface area contributed by atoms with Gasteiger partial charge in [0.15, 0.2) is 0 Å². The van der Waals surface area contributed by atoms with Crippen LogP contribution in [-0.4, -0.2) is 33.3 Å². The second kappa shape index (κ2) is 9.48.